The van der Waals surface area contributed by atoms with Crippen LogP contribution in [0.1, 0.15) is 11.3 Å². The first-order valence-corrected chi connectivity index (χ1v) is 9.41. The van der Waals surface area contributed by atoms with Crippen LogP contribution >= 0.6 is 31.9 Å². The van der Waals surface area contributed by atoms with Gasteiger partial charge in [0, 0.05) is 26.3 Å². The van der Waals surface area contributed by atoms with Crippen LogP contribution in [0.25, 0.3) is 17.4 Å². The predicted octanol–water partition coefficient (Wildman–Crippen LogP) is 6.01. The minimum Gasteiger partial charge on any atom is -0.457 e. The van der Waals surface area contributed by atoms with E-state index in [9.17, 15) is 4.79 Å². The van der Waals surface area contributed by atoms with Crippen molar-refractivity contribution in [3.8, 4) is 11.3 Å². The monoisotopic (exact) mass is 474 g/mol. The fraction of sp³-hybridized carbons (Fsp3) is 0.0500. The van der Waals surface area contributed by atoms with Crippen LogP contribution in [0.3, 0.4) is 0 Å². The second-order valence-corrected chi connectivity index (χ2v) is 7.50. The average molecular weight is 476 g/mol. The van der Waals surface area contributed by atoms with Crippen molar-refractivity contribution in [2.45, 2.75) is 6.92 Å². The number of amides is 1. The number of aryl methyl sites for hydroxylation is 1. The van der Waals surface area contributed by atoms with E-state index in [-0.39, 0.29) is 5.91 Å². The first-order chi connectivity index (χ1) is 12.4. The number of rotatable bonds is 4. The van der Waals surface area contributed by atoms with Crippen molar-refractivity contribution in [1.82, 2.24) is 0 Å². The lowest BCUT2D eigenvalue weighted by atomic mass is 10.2. The van der Waals surface area contributed by atoms with Gasteiger partial charge in [-0.3, -0.25) is 4.79 Å². The predicted molar refractivity (Wildman–Crippen MR) is 113 cm³/mol. The highest BCUT2D eigenvalue weighted by Crippen LogP contribution is 2.29. The van der Waals surface area contributed by atoms with E-state index >= 15 is 0 Å². The van der Waals surface area contributed by atoms with Gasteiger partial charge in [0.1, 0.15) is 11.5 Å². The van der Waals surface area contributed by atoms with Gasteiger partial charge in [0.05, 0.1) is 5.69 Å². The topological polar surface area (TPSA) is 68.3 Å². The number of carbonyl (C=O) groups is 1. The van der Waals surface area contributed by atoms with Crippen LogP contribution in [0.4, 0.5) is 11.4 Å². The molecule has 0 bridgehead atoms. The zero-order valence-electron chi connectivity index (χ0n) is 13.9. The highest BCUT2D eigenvalue weighted by Gasteiger charge is 2.08. The minimum atomic E-state index is -0.250. The van der Waals surface area contributed by atoms with Crippen LogP contribution in [0.15, 0.2) is 68.0 Å². The number of hydrogen-bond donors (Lipinski definition) is 2. The van der Waals surface area contributed by atoms with Gasteiger partial charge < -0.3 is 15.5 Å². The molecule has 0 aliphatic rings. The Morgan fingerprint density at radius 2 is 1.85 bits per heavy atom. The summed E-state index contributed by atoms with van der Waals surface area (Å²) in [4.78, 5) is 12.2. The minimum absolute atomic E-state index is 0.250. The van der Waals surface area contributed by atoms with Crippen LogP contribution in [0, 0.1) is 6.92 Å². The van der Waals surface area contributed by atoms with Crippen LogP contribution in [0.2, 0.25) is 0 Å². The molecule has 0 atom stereocenters. The summed E-state index contributed by atoms with van der Waals surface area (Å²) in [6.07, 6.45) is 3.07. The SMILES string of the molecule is Cc1cc(N)cc(Br)c1NC(=O)/C=C/c1ccc(-c2ccc(Br)cc2)o1. The van der Waals surface area contributed by atoms with Crippen molar-refractivity contribution in [3.63, 3.8) is 0 Å². The smallest absolute Gasteiger partial charge is 0.248 e. The molecule has 0 spiro atoms. The Labute approximate surface area is 168 Å². The summed E-state index contributed by atoms with van der Waals surface area (Å²) in [6.45, 7) is 1.89. The third kappa shape index (κ3) is 4.45. The molecular weight excluding hydrogens is 460 g/mol. The molecule has 132 valence electrons. The van der Waals surface area contributed by atoms with Crippen molar-refractivity contribution in [1.29, 1.82) is 0 Å². The number of nitrogen functional groups attached to an aromatic ring is 1. The van der Waals surface area contributed by atoms with Gasteiger partial charge in [0.25, 0.3) is 0 Å². The number of halogens is 2. The molecule has 0 fully saturated rings. The van der Waals surface area contributed by atoms with Crippen LogP contribution in [-0.2, 0) is 4.79 Å². The summed E-state index contributed by atoms with van der Waals surface area (Å²) in [5, 5.41) is 2.85. The van der Waals surface area contributed by atoms with Gasteiger partial charge in [-0.2, -0.15) is 0 Å². The van der Waals surface area contributed by atoms with E-state index in [0.717, 1.165) is 25.8 Å². The largest absolute Gasteiger partial charge is 0.457 e. The Kier molecular flexibility index (Phi) is 5.64. The highest BCUT2D eigenvalue weighted by atomic mass is 79.9. The maximum absolute atomic E-state index is 12.2. The van der Waals surface area contributed by atoms with E-state index in [1.54, 1.807) is 18.2 Å². The first kappa shape index (κ1) is 18.5. The quantitative estimate of drug-likeness (QED) is 0.358. The second-order valence-electron chi connectivity index (χ2n) is 5.73. The van der Waals surface area contributed by atoms with Gasteiger partial charge in [-0.15, -0.1) is 0 Å². The van der Waals surface area contributed by atoms with E-state index in [1.165, 1.54) is 6.08 Å². The molecule has 2 aromatic carbocycles. The number of furan rings is 1. The van der Waals surface area contributed by atoms with Gasteiger partial charge >= 0.3 is 0 Å². The molecule has 26 heavy (non-hydrogen) atoms. The molecule has 0 aliphatic heterocycles. The fourth-order valence-corrected chi connectivity index (χ4v) is 3.40. The number of benzene rings is 2. The molecule has 1 amide bonds. The normalized spacial score (nSPS) is 11.0. The van der Waals surface area contributed by atoms with Crippen molar-refractivity contribution in [3.05, 3.63) is 74.9 Å². The Hall–Kier alpha value is -2.31. The van der Waals surface area contributed by atoms with Crippen molar-refractivity contribution in [2.75, 3.05) is 11.1 Å². The summed E-state index contributed by atoms with van der Waals surface area (Å²) in [5.41, 5.74) is 8.97. The van der Waals surface area contributed by atoms with E-state index in [2.05, 4.69) is 37.2 Å². The lowest BCUT2D eigenvalue weighted by Crippen LogP contribution is -2.09. The third-order valence-electron chi connectivity index (χ3n) is 3.71. The molecule has 1 heterocycles. The van der Waals surface area contributed by atoms with Crippen LogP contribution in [0.5, 0.6) is 0 Å². The molecule has 3 aromatic rings. The summed E-state index contributed by atoms with van der Waals surface area (Å²) in [5.74, 6) is 1.10. The summed E-state index contributed by atoms with van der Waals surface area (Å²) < 4.78 is 7.52. The number of anilines is 2. The maximum atomic E-state index is 12.2. The lowest BCUT2D eigenvalue weighted by molar-refractivity contribution is -0.111. The van der Waals surface area contributed by atoms with E-state index in [1.807, 2.05) is 43.3 Å². The molecule has 0 saturated heterocycles. The fourth-order valence-electron chi connectivity index (χ4n) is 2.46. The van der Waals surface area contributed by atoms with Gasteiger partial charge in [-0.05, 0) is 70.9 Å². The third-order valence-corrected chi connectivity index (χ3v) is 4.87. The van der Waals surface area contributed by atoms with Crippen molar-refractivity contribution >= 4 is 55.2 Å². The lowest BCUT2D eigenvalue weighted by Gasteiger charge is -2.10. The van der Waals surface area contributed by atoms with E-state index in [0.29, 0.717) is 17.1 Å². The molecule has 0 unspecified atom stereocenters. The zero-order chi connectivity index (χ0) is 18.7. The average Bonchev–Trinajstić information content (AvgIpc) is 3.06. The summed E-state index contributed by atoms with van der Waals surface area (Å²) in [7, 11) is 0. The number of carbonyl (C=O) groups excluding carboxylic acids is 1. The maximum Gasteiger partial charge on any atom is 0.248 e. The molecule has 1 aromatic heterocycles. The number of nitrogens with one attached hydrogen (secondary N) is 1. The summed E-state index contributed by atoms with van der Waals surface area (Å²) in [6, 6.07) is 15.1. The molecule has 3 N–H and O–H groups in total. The Balaban J connectivity index is 1.70. The highest BCUT2D eigenvalue weighted by molar-refractivity contribution is 9.10. The molecule has 0 radical (unpaired) electrons. The van der Waals surface area contributed by atoms with Gasteiger partial charge in [-0.25, -0.2) is 0 Å². The van der Waals surface area contributed by atoms with Crippen LogP contribution in [-0.4, -0.2) is 5.91 Å². The number of nitrogens with two attached hydrogens (primary N) is 1. The molecule has 0 aliphatic carbocycles. The Morgan fingerprint density at radius 3 is 2.54 bits per heavy atom. The summed E-state index contributed by atoms with van der Waals surface area (Å²) >= 11 is 6.82. The second kappa shape index (κ2) is 7.93. The Bertz CT molecular complexity index is 953. The van der Waals surface area contributed by atoms with Gasteiger partial charge in [0.15, 0.2) is 0 Å². The molecule has 3 rings (SSSR count). The Morgan fingerprint density at radius 1 is 1.12 bits per heavy atom. The van der Waals surface area contributed by atoms with Gasteiger partial charge in [0.2, 0.25) is 5.91 Å². The molecule has 6 heteroatoms. The molecular formula is C20H16Br2N2O2. The van der Waals surface area contributed by atoms with Crippen molar-refractivity contribution < 1.29 is 9.21 Å². The molecule has 0 saturated carbocycles. The zero-order valence-corrected chi connectivity index (χ0v) is 17.1. The van der Waals surface area contributed by atoms with E-state index < -0.39 is 0 Å². The van der Waals surface area contributed by atoms with Gasteiger partial charge in [-0.1, -0.05) is 28.1 Å². The first-order valence-electron chi connectivity index (χ1n) is 7.83. The standard InChI is InChI=1S/C20H16Br2N2O2/c1-12-10-15(23)11-17(22)20(12)24-19(25)9-7-16-6-8-18(26-16)13-2-4-14(21)5-3-13/h2-11H,23H2,1H3,(H,24,25)/b9-7+. The van der Waals surface area contributed by atoms with Crippen LogP contribution < -0.4 is 11.1 Å². The number of hydrogen-bond acceptors (Lipinski definition) is 3. The van der Waals surface area contributed by atoms with Crippen molar-refractivity contribution in [2.24, 2.45) is 0 Å². The van der Waals surface area contributed by atoms with E-state index in [4.69, 9.17) is 10.2 Å². The molecule has 4 nitrogen and oxygen atoms in total.